The summed E-state index contributed by atoms with van der Waals surface area (Å²) in [6, 6.07) is 8.48. The number of amides is 1. The van der Waals surface area contributed by atoms with Crippen LogP contribution >= 0.6 is 39.1 Å². The zero-order valence-corrected chi connectivity index (χ0v) is 13.0. The van der Waals surface area contributed by atoms with E-state index in [0.717, 1.165) is 10.0 Å². The summed E-state index contributed by atoms with van der Waals surface area (Å²) >= 11 is 14.9. The van der Waals surface area contributed by atoms with Crippen LogP contribution in [0.4, 0.5) is 5.69 Å². The molecular formula is C13H9BrCl2N2O. The quantitative estimate of drug-likeness (QED) is 0.789. The number of pyridine rings is 1. The summed E-state index contributed by atoms with van der Waals surface area (Å²) in [7, 11) is 0. The summed E-state index contributed by atoms with van der Waals surface area (Å²) in [6.45, 7) is 1.94. The van der Waals surface area contributed by atoms with Crippen LogP contribution in [0.15, 0.2) is 34.8 Å². The Morgan fingerprint density at radius 2 is 1.84 bits per heavy atom. The molecule has 1 aromatic heterocycles. The van der Waals surface area contributed by atoms with Crippen molar-refractivity contribution in [2.24, 2.45) is 0 Å². The van der Waals surface area contributed by atoms with Gasteiger partial charge in [-0.15, -0.1) is 0 Å². The van der Waals surface area contributed by atoms with Crippen LogP contribution in [0.1, 0.15) is 15.9 Å². The summed E-state index contributed by atoms with van der Waals surface area (Å²) in [4.78, 5) is 15.8. The number of benzene rings is 1. The van der Waals surface area contributed by atoms with Gasteiger partial charge in [-0.2, -0.15) is 0 Å². The standard InChI is InChI=1S/C13H9BrCl2N2O/c1-7-4-9(2-3-10(7)14)17-13(19)8-5-11(15)18-12(16)6-8/h2-6H,1H3,(H,17,19). The van der Waals surface area contributed by atoms with E-state index >= 15 is 0 Å². The van der Waals surface area contributed by atoms with Gasteiger partial charge >= 0.3 is 0 Å². The van der Waals surface area contributed by atoms with Crippen LogP contribution in [0.25, 0.3) is 0 Å². The number of nitrogens with one attached hydrogen (secondary N) is 1. The third-order valence-corrected chi connectivity index (χ3v) is 3.72. The molecular weight excluding hydrogens is 351 g/mol. The van der Waals surface area contributed by atoms with Gasteiger partial charge in [-0.1, -0.05) is 39.1 Å². The Morgan fingerprint density at radius 3 is 2.42 bits per heavy atom. The first-order chi connectivity index (χ1) is 8.95. The number of carbonyl (C=O) groups is 1. The largest absolute Gasteiger partial charge is 0.322 e. The van der Waals surface area contributed by atoms with Crippen molar-refractivity contribution in [1.29, 1.82) is 0 Å². The molecule has 1 heterocycles. The molecule has 0 saturated carbocycles. The van der Waals surface area contributed by atoms with Crippen molar-refractivity contribution in [1.82, 2.24) is 4.98 Å². The third kappa shape index (κ3) is 3.69. The number of carbonyl (C=O) groups excluding carboxylic acids is 1. The van der Waals surface area contributed by atoms with Crippen molar-refractivity contribution in [3.05, 3.63) is 56.2 Å². The van der Waals surface area contributed by atoms with Gasteiger partial charge in [0.2, 0.25) is 0 Å². The lowest BCUT2D eigenvalue weighted by Crippen LogP contribution is -2.12. The predicted octanol–water partition coefficient (Wildman–Crippen LogP) is 4.71. The maximum absolute atomic E-state index is 12.0. The Balaban J connectivity index is 2.22. The maximum atomic E-state index is 12.0. The molecule has 1 N–H and O–H groups in total. The van der Waals surface area contributed by atoms with Gasteiger partial charge in [0.1, 0.15) is 10.3 Å². The molecule has 98 valence electrons. The zero-order valence-electron chi connectivity index (χ0n) is 9.88. The number of halogens is 3. The average molecular weight is 360 g/mol. The van der Waals surface area contributed by atoms with Crippen LogP contribution in [0.5, 0.6) is 0 Å². The third-order valence-electron chi connectivity index (χ3n) is 2.44. The number of nitrogens with zero attached hydrogens (tertiary/aromatic N) is 1. The minimum absolute atomic E-state index is 0.185. The molecule has 2 rings (SSSR count). The van der Waals surface area contributed by atoms with Crippen LogP contribution in [-0.4, -0.2) is 10.9 Å². The minimum atomic E-state index is -0.284. The van der Waals surface area contributed by atoms with Gasteiger partial charge in [0.15, 0.2) is 0 Å². The molecule has 0 bridgehead atoms. The summed E-state index contributed by atoms with van der Waals surface area (Å²) in [5, 5.41) is 3.15. The van der Waals surface area contributed by atoms with Crippen molar-refractivity contribution >= 4 is 50.7 Å². The number of anilines is 1. The van der Waals surface area contributed by atoms with Crippen molar-refractivity contribution in [2.75, 3.05) is 5.32 Å². The van der Waals surface area contributed by atoms with Crippen LogP contribution in [-0.2, 0) is 0 Å². The van der Waals surface area contributed by atoms with Crippen LogP contribution in [0.3, 0.4) is 0 Å². The van der Waals surface area contributed by atoms with Gasteiger partial charge in [-0.3, -0.25) is 4.79 Å². The van der Waals surface area contributed by atoms with E-state index in [1.807, 2.05) is 19.1 Å². The van der Waals surface area contributed by atoms with Crippen LogP contribution in [0, 0.1) is 6.92 Å². The van der Waals surface area contributed by atoms with E-state index < -0.39 is 0 Å². The second kappa shape index (κ2) is 5.90. The molecule has 1 amide bonds. The Bertz CT molecular complexity index is 626. The Kier molecular flexibility index (Phi) is 4.45. The van der Waals surface area contributed by atoms with Gasteiger partial charge in [-0.25, -0.2) is 4.98 Å². The summed E-state index contributed by atoms with van der Waals surface area (Å²) in [6.07, 6.45) is 0. The van der Waals surface area contributed by atoms with Crippen molar-refractivity contribution in [2.45, 2.75) is 6.92 Å². The smallest absolute Gasteiger partial charge is 0.255 e. The molecule has 2 aromatic rings. The van der Waals surface area contributed by atoms with Crippen LogP contribution < -0.4 is 5.32 Å². The SMILES string of the molecule is Cc1cc(NC(=O)c2cc(Cl)nc(Cl)c2)ccc1Br. The molecule has 0 spiro atoms. The molecule has 6 heteroatoms. The van der Waals surface area contributed by atoms with Gasteiger partial charge in [0.25, 0.3) is 5.91 Å². The first-order valence-electron chi connectivity index (χ1n) is 5.36. The molecule has 0 atom stereocenters. The zero-order chi connectivity index (χ0) is 14.0. The summed E-state index contributed by atoms with van der Waals surface area (Å²) in [5.74, 6) is -0.284. The highest BCUT2D eigenvalue weighted by Crippen LogP contribution is 2.21. The molecule has 3 nitrogen and oxygen atoms in total. The molecule has 0 aliphatic carbocycles. The van der Waals surface area contributed by atoms with Crippen LogP contribution in [0.2, 0.25) is 10.3 Å². The van der Waals surface area contributed by atoms with E-state index in [2.05, 4.69) is 26.2 Å². The van der Waals surface area contributed by atoms with E-state index in [1.54, 1.807) is 6.07 Å². The van der Waals surface area contributed by atoms with Gasteiger partial charge in [0, 0.05) is 15.7 Å². The van der Waals surface area contributed by atoms with Crippen molar-refractivity contribution < 1.29 is 4.79 Å². The van der Waals surface area contributed by atoms with E-state index in [9.17, 15) is 4.79 Å². The first kappa shape index (κ1) is 14.3. The van der Waals surface area contributed by atoms with Crippen molar-refractivity contribution in [3.63, 3.8) is 0 Å². The van der Waals surface area contributed by atoms with E-state index in [4.69, 9.17) is 23.2 Å². The van der Waals surface area contributed by atoms with E-state index in [-0.39, 0.29) is 16.2 Å². The Labute approximate surface area is 129 Å². The fourth-order valence-electron chi connectivity index (χ4n) is 1.52. The molecule has 0 radical (unpaired) electrons. The monoisotopic (exact) mass is 358 g/mol. The Morgan fingerprint density at radius 1 is 1.21 bits per heavy atom. The number of aromatic nitrogens is 1. The molecule has 19 heavy (non-hydrogen) atoms. The summed E-state index contributed by atoms with van der Waals surface area (Å²) in [5.41, 5.74) is 2.10. The highest BCUT2D eigenvalue weighted by Gasteiger charge is 2.09. The fourth-order valence-corrected chi connectivity index (χ4v) is 2.23. The Hall–Kier alpha value is -1.10. The lowest BCUT2D eigenvalue weighted by molar-refractivity contribution is 0.102. The van der Waals surface area contributed by atoms with E-state index in [1.165, 1.54) is 12.1 Å². The number of hydrogen-bond donors (Lipinski definition) is 1. The van der Waals surface area contributed by atoms with Gasteiger partial charge in [-0.05, 0) is 42.8 Å². The van der Waals surface area contributed by atoms with E-state index in [0.29, 0.717) is 11.3 Å². The summed E-state index contributed by atoms with van der Waals surface area (Å²) < 4.78 is 0.987. The minimum Gasteiger partial charge on any atom is -0.322 e. The highest BCUT2D eigenvalue weighted by molar-refractivity contribution is 9.10. The molecule has 0 aliphatic heterocycles. The second-order valence-electron chi connectivity index (χ2n) is 3.92. The van der Waals surface area contributed by atoms with Gasteiger partial charge in [0.05, 0.1) is 0 Å². The predicted molar refractivity (Wildman–Crippen MR) is 81.1 cm³/mol. The maximum Gasteiger partial charge on any atom is 0.255 e. The average Bonchev–Trinajstić information content (AvgIpc) is 2.32. The lowest BCUT2D eigenvalue weighted by atomic mass is 10.2. The number of hydrogen-bond acceptors (Lipinski definition) is 2. The topological polar surface area (TPSA) is 42.0 Å². The fraction of sp³-hybridized carbons (Fsp3) is 0.0769. The molecule has 0 unspecified atom stereocenters. The number of rotatable bonds is 2. The molecule has 0 aliphatic rings. The molecule has 0 fully saturated rings. The van der Waals surface area contributed by atoms with Crippen molar-refractivity contribution in [3.8, 4) is 0 Å². The number of aryl methyl sites for hydroxylation is 1. The molecule has 1 aromatic carbocycles. The van der Waals surface area contributed by atoms with Gasteiger partial charge < -0.3 is 5.32 Å². The normalized spacial score (nSPS) is 10.3. The highest BCUT2D eigenvalue weighted by atomic mass is 79.9. The molecule has 0 saturated heterocycles. The lowest BCUT2D eigenvalue weighted by Gasteiger charge is -2.07. The first-order valence-corrected chi connectivity index (χ1v) is 6.91. The second-order valence-corrected chi connectivity index (χ2v) is 5.55.